The molecular weight excluding hydrogens is 335 g/mol. The van der Waals surface area contributed by atoms with E-state index in [-0.39, 0.29) is 24.2 Å². The maximum Gasteiger partial charge on any atom is 0.251 e. The Morgan fingerprint density at radius 3 is 2.46 bits per heavy atom. The molecule has 2 aromatic carbocycles. The van der Waals surface area contributed by atoms with E-state index >= 15 is 0 Å². The van der Waals surface area contributed by atoms with Crippen LogP contribution in [0.4, 0.5) is 4.39 Å². The summed E-state index contributed by atoms with van der Waals surface area (Å²) in [7, 11) is 0. The van der Waals surface area contributed by atoms with Gasteiger partial charge in [0.2, 0.25) is 5.91 Å². The molecule has 0 aliphatic rings. The van der Waals surface area contributed by atoms with Gasteiger partial charge in [-0.3, -0.25) is 9.59 Å². The summed E-state index contributed by atoms with van der Waals surface area (Å²) in [5.74, 6) is -0.165. The molecule has 0 radical (unpaired) electrons. The van der Waals surface area contributed by atoms with Crippen molar-refractivity contribution in [1.29, 1.82) is 0 Å². The lowest BCUT2D eigenvalue weighted by molar-refractivity contribution is -0.120. The highest BCUT2D eigenvalue weighted by molar-refractivity contribution is 5.97. The molecule has 0 atom stereocenters. The Hall–Kier alpha value is -2.89. The number of benzene rings is 2. The Bertz CT molecular complexity index is 732. The number of unbranched alkanes of at least 4 members (excludes halogenated alkanes) is 1. The van der Waals surface area contributed by atoms with Crippen LogP contribution in [-0.2, 0) is 4.79 Å². The predicted octanol–water partition coefficient (Wildman–Crippen LogP) is 2.84. The van der Waals surface area contributed by atoms with Gasteiger partial charge in [-0.05, 0) is 55.7 Å². The standard InChI is InChI=1S/C20H23FN2O3/c1-15-6-2-3-7-18(15)20(25)23-14-19(24)22-12-4-5-13-26-17-10-8-16(21)9-11-17/h2-3,6-11H,4-5,12-14H2,1H3,(H,22,24)(H,23,25). The van der Waals surface area contributed by atoms with E-state index in [1.807, 2.05) is 19.1 Å². The van der Waals surface area contributed by atoms with Crippen LogP contribution < -0.4 is 15.4 Å². The molecule has 0 aliphatic heterocycles. The van der Waals surface area contributed by atoms with E-state index < -0.39 is 0 Å². The third-order valence-electron chi connectivity index (χ3n) is 3.77. The zero-order chi connectivity index (χ0) is 18.8. The van der Waals surface area contributed by atoms with Crippen molar-refractivity contribution in [3.05, 3.63) is 65.5 Å². The fourth-order valence-corrected chi connectivity index (χ4v) is 2.32. The van der Waals surface area contributed by atoms with Gasteiger partial charge < -0.3 is 15.4 Å². The van der Waals surface area contributed by atoms with E-state index in [4.69, 9.17) is 4.74 Å². The zero-order valence-electron chi connectivity index (χ0n) is 14.8. The fraction of sp³-hybridized carbons (Fsp3) is 0.300. The Morgan fingerprint density at radius 1 is 1.00 bits per heavy atom. The summed E-state index contributed by atoms with van der Waals surface area (Å²) in [6.07, 6.45) is 1.51. The highest BCUT2D eigenvalue weighted by atomic mass is 19.1. The first-order chi connectivity index (χ1) is 12.6. The smallest absolute Gasteiger partial charge is 0.251 e. The molecule has 0 unspecified atom stereocenters. The van der Waals surface area contributed by atoms with E-state index in [1.54, 1.807) is 24.3 Å². The van der Waals surface area contributed by atoms with Gasteiger partial charge in [0.15, 0.2) is 0 Å². The lowest BCUT2D eigenvalue weighted by Crippen LogP contribution is -2.37. The fourth-order valence-electron chi connectivity index (χ4n) is 2.32. The van der Waals surface area contributed by atoms with Crippen molar-refractivity contribution >= 4 is 11.8 Å². The minimum atomic E-state index is -0.297. The predicted molar refractivity (Wildman–Crippen MR) is 97.7 cm³/mol. The highest BCUT2D eigenvalue weighted by Gasteiger charge is 2.09. The van der Waals surface area contributed by atoms with Crippen LogP contribution in [0.15, 0.2) is 48.5 Å². The first-order valence-electron chi connectivity index (χ1n) is 8.55. The number of amides is 2. The summed E-state index contributed by atoms with van der Waals surface area (Å²) < 4.78 is 18.2. The van der Waals surface area contributed by atoms with Crippen LogP contribution in [0.5, 0.6) is 5.75 Å². The molecule has 0 fully saturated rings. The molecule has 0 saturated heterocycles. The Balaban J connectivity index is 1.55. The van der Waals surface area contributed by atoms with Gasteiger partial charge in [-0.2, -0.15) is 0 Å². The van der Waals surface area contributed by atoms with Crippen LogP contribution in [0.1, 0.15) is 28.8 Å². The van der Waals surface area contributed by atoms with Crippen LogP contribution >= 0.6 is 0 Å². The number of carbonyl (C=O) groups is 2. The van der Waals surface area contributed by atoms with Crippen molar-refractivity contribution in [1.82, 2.24) is 10.6 Å². The lowest BCUT2D eigenvalue weighted by atomic mass is 10.1. The normalized spacial score (nSPS) is 10.2. The number of ether oxygens (including phenoxy) is 1. The van der Waals surface area contributed by atoms with Gasteiger partial charge in [0.05, 0.1) is 13.2 Å². The molecular formula is C20H23FN2O3. The summed E-state index contributed by atoms with van der Waals surface area (Å²) in [5.41, 5.74) is 1.44. The minimum Gasteiger partial charge on any atom is -0.494 e. The number of carbonyl (C=O) groups excluding carboxylic acids is 2. The van der Waals surface area contributed by atoms with Crippen LogP contribution in [0.3, 0.4) is 0 Å². The lowest BCUT2D eigenvalue weighted by Gasteiger charge is -2.09. The molecule has 0 saturated carbocycles. The van der Waals surface area contributed by atoms with Gasteiger partial charge in [-0.15, -0.1) is 0 Å². The first kappa shape index (κ1) is 19.4. The number of aryl methyl sites for hydroxylation is 1. The maximum atomic E-state index is 12.8. The molecule has 0 heterocycles. The van der Waals surface area contributed by atoms with Crippen LogP contribution in [-0.4, -0.2) is 31.5 Å². The summed E-state index contributed by atoms with van der Waals surface area (Å²) in [4.78, 5) is 23.8. The van der Waals surface area contributed by atoms with Gasteiger partial charge in [0, 0.05) is 12.1 Å². The van der Waals surface area contributed by atoms with Gasteiger partial charge >= 0.3 is 0 Å². The van der Waals surface area contributed by atoms with E-state index in [9.17, 15) is 14.0 Å². The third-order valence-corrected chi connectivity index (χ3v) is 3.77. The average molecular weight is 358 g/mol. The molecule has 0 bridgehead atoms. The second-order valence-corrected chi connectivity index (χ2v) is 5.86. The highest BCUT2D eigenvalue weighted by Crippen LogP contribution is 2.11. The maximum absolute atomic E-state index is 12.8. The second-order valence-electron chi connectivity index (χ2n) is 5.86. The molecule has 26 heavy (non-hydrogen) atoms. The largest absolute Gasteiger partial charge is 0.494 e. The van der Waals surface area contributed by atoms with Gasteiger partial charge in [0.25, 0.3) is 5.91 Å². The molecule has 138 valence electrons. The van der Waals surface area contributed by atoms with Gasteiger partial charge in [-0.25, -0.2) is 4.39 Å². The first-order valence-corrected chi connectivity index (χ1v) is 8.55. The molecule has 2 N–H and O–H groups in total. The monoisotopic (exact) mass is 358 g/mol. The van der Waals surface area contributed by atoms with E-state index in [2.05, 4.69) is 10.6 Å². The summed E-state index contributed by atoms with van der Waals surface area (Å²) in [6.45, 7) is 2.79. The molecule has 6 heteroatoms. The van der Waals surface area contributed by atoms with Crippen molar-refractivity contribution in [3.63, 3.8) is 0 Å². The van der Waals surface area contributed by atoms with E-state index in [0.717, 1.165) is 18.4 Å². The summed E-state index contributed by atoms with van der Waals surface area (Å²) >= 11 is 0. The Morgan fingerprint density at radius 2 is 1.73 bits per heavy atom. The van der Waals surface area contributed by atoms with E-state index in [1.165, 1.54) is 12.1 Å². The third kappa shape index (κ3) is 6.55. The van der Waals surface area contributed by atoms with Crippen LogP contribution in [0, 0.1) is 12.7 Å². The van der Waals surface area contributed by atoms with Gasteiger partial charge in [-0.1, -0.05) is 18.2 Å². The molecule has 0 aliphatic carbocycles. The van der Waals surface area contributed by atoms with Gasteiger partial charge in [0.1, 0.15) is 11.6 Å². The molecule has 0 aromatic heterocycles. The topological polar surface area (TPSA) is 67.4 Å². The molecule has 5 nitrogen and oxygen atoms in total. The minimum absolute atomic E-state index is 0.0563. The molecule has 2 amide bonds. The second kappa shape index (κ2) is 10.2. The van der Waals surface area contributed by atoms with E-state index in [0.29, 0.717) is 24.5 Å². The average Bonchev–Trinajstić information content (AvgIpc) is 2.64. The summed E-state index contributed by atoms with van der Waals surface area (Å²) in [6, 6.07) is 13.1. The molecule has 2 rings (SSSR count). The Kier molecular flexibility index (Phi) is 7.61. The number of hydrogen-bond acceptors (Lipinski definition) is 3. The molecule has 2 aromatic rings. The van der Waals surface area contributed by atoms with Crippen molar-refractivity contribution in [3.8, 4) is 5.75 Å². The van der Waals surface area contributed by atoms with Crippen LogP contribution in [0.25, 0.3) is 0 Å². The van der Waals surface area contributed by atoms with Crippen LogP contribution in [0.2, 0.25) is 0 Å². The number of rotatable bonds is 9. The van der Waals surface area contributed by atoms with Crippen molar-refractivity contribution in [2.75, 3.05) is 19.7 Å². The van der Waals surface area contributed by atoms with Crippen molar-refractivity contribution in [2.24, 2.45) is 0 Å². The number of halogens is 1. The van der Waals surface area contributed by atoms with Crippen molar-refractivity contribution in [2.45, 2.75) is 19.8 Å². The Labute approximate surface area is 152 Å². The molecule has 0 spiro atoms. The number of hydrogen-bond donors (Lipinski definition) is 2. The SMILES string of the molecule is Cc1ccccc1C(=O)NCC(=O)NCCCCOc1ccc(F)cc1. The zero-order valence-corrected chi connectivity index (χ0v) is 14.8. The van der Waals surface area contributed by atoms with Crippen molar-refractivity contribution < 1.29 is 18.7 Å². The quantitative estimate of drug-likeness (QED) is 0.678. The summed E-state index contributed by atoms with van der Waals surface area (Å²) in [5, 5.41) is 5.36. The number of nitrogens with one attached hydrogen (secondary N) is 2.